The Morgan fingerprint density at radius 3 is 2.50 bits per heavy atom. The molecule has 0 aliphatic rings. The molecule has 0 radical (unpaired) electrons. The fourth-order valence-electron chi connectivity index (χ4n) is 0.207. The normalized spacial score (nSPS) is 17.9. The molecule has 0 spiro atoms. The zero-order valence-electron chi connectivity index (χ0n) is 4.76. The Morgan fingerprint density at radius 1 is 1.88 bits per heavy atom. The van der Waals surface area contributed by atoms with Crippen LogP contribution in [0, 0.1) is 0 Å². The van der Waals surface area contributed by atoms with Crippen molar-refractivity contribution in [2.45, 2.75) is 6.92 Å². The van der Waals surface area contributed by atoms with Crippen molar-refractivity contribution in [2.75, 3.05) is 12.9 Å². The van der Waals surface area contributed by atoms with Crippen molar-refractivity contribution in [1.82, 2.24) is 0 Å². The monoisotopic (exact) mass is 174 g/mol. The molecule has 0 heterocycles. The summed E-state index contributed by atoms with van der Waals surface area (Å²) < 4.78 is 16.9. The van der Waals surface area contributed by atoms with Gasteiger partial charge in [-0.1, -0.05) is 18.3 Å². The molecule has 0 aromatic heterocycles. The molecule has 50 valence electrons. The van der Waals surface area contributed by atoms with Gasteiger partial charge in [0.1, 0.15) is 0 Å². The summed E-state index contributed by atoms with van der Waals surface area (Å²) in [5.41, 5.74) is 0. The fraction of sp³-hybridized carbons (Fsp3) is 1.00. The third-order valence-electron chi connectivity index (χ3n) is 0.501. The summed E-state index contributed by atoms with van der Waals surface area (Å²) >= 11 is 5.50. The van der Waals surface area contributed by atoms with E-state index in [2.05, 4.69) is 16.3 Å². The first kappa shape index (κ1) is 8.89. The molecule has 0 fully saturated rings. The molecule has 1 unspecified atom stereocenters. The maximum absolute atomic E-state index is 12.5. The molecule has 0 aromatic carbocycles. The lowest BCUT2D eigenvalue weighted by Crippen LogP contribution is -1.70. The summed E-state index contributed by atoms with van der Waals surface area (Å²) in [4.78, 5) is 0. The Kier molecular flexibility index (Phi) is 4.26. The first-order chi connectivity index (χ1) is 3.62. The van der Waals surface area contributed by atoms with Crippen LogP contribution >= 0.6 is 17.2 Å². The summed E-state index contributed by atoms with van der Waals surface area (Å²) in [6.07, 6.45) is 0. The van der Waals surface area contributed by atoms with Gasteiger partial charge in [-0.3, -0.25) is 0 Å². The summed E-state index contributed by atoms with van der Waals surface area (Å²) in [6.45, 7) is 1.85. The molecule has 0 saturated carbocycles. The number of rotatable bonds is 3. The summed E-state index contributed by atoms with van der Waals surface area (Å²) in [5.74, 6) is -2.24. The lowest BCUT2D eigenvalue weighted by molar-refractivity contribution is 0.442. The van der Waals surface area contributed by atoms with Crippen LogP contribution in [-0.4, -0.2) is 12.9 Å². The maximum Gasteiger partial charge on any atom is 0.287 e. The van der Waals surface area contributed by atoms with Gasteiger partial charge in [0.2, 0.25) is 0 Å². The van der Waals surface area contributed by atoms with Crippen molar-refractivity contribution in [2.24, 2.45) is 0 Å². The lowest BCUT2D eigenvalue weighted by atomic mass is 11.0. The molecular formula is C3H8FOPS2. The average Bonchev–Trinajstić information content (AvgIpc) is 1.67. The van der Waals surface area contributed by atoms with Gasteiger partial charge < -0.3 is 4.52 Å². The molecule has 0 saturated heterocycles. The van der Waals surface area contributed by atoms with Crippen LogP contribution in [0.2, 0.25) is 0 Å². The number of halogens is 1. The van der Waals surface area contributed by atoms with Crippen LogP contribution in [-0.2, 0) is 16.3 Å². The van der Waals surface area contributed by atoms with E-state index in [9.17, 15) is 4.20 Å². The Hall–Kier alpha value is 0.890. The van der Waals surface area contributed by atoms with Crippen LogP contribution in [0.5, 0.6) is 0 Å². The second-order valence-corrected chi connectivity index (χ2v) is 7.38. The van der Waals surface area contributed by atoms with E-state index in [4.69, 9.17) is 0 Å². The Balaban J connectivity index is 3.55. The highest BCUT2D eigenvalue weighted by molar-refractivity contribution is 8.67. The van der Waals surface area contributed by atoms with Crippen LogP contribution in [0.3, 0.4) is 0 Å². The Bertz CT molecular complexity index is 107. The Morgan fingerprint density at radius 2 is 2.38 bits per heavy atom. The maximum atomic E-state index is 12.5. The van der Waals surface area contributed by atoms with Crippen molar-refractivity contribution in [3.63, 3.8) is 0 Å². The zero-order chi connectivity index (χ0) is 6.62. The minimum atomic E-state index is -2.92. The van der Waals surface area contributed by atoms with E-state index in [-0.39, 0.29) is 0 Å². The van der Waals surface area contributed by atoms with Crippen molar-refractivity contribution in [3.8, 4) is 0 Å². The fourth-order valence-corrected chi connectivity index (χ4v) is 2.81. The molecule has 0 aliphatic carbocycles. The van der Waals surface area contributed by atoms with E-state index in [1.807, 2.05) is 6.92 Å². The molecule has 0 aliphatic heterocycles. The van der Waals surface area contributed by atoms with Gasteiger partial charge in [-0.25, -0.2) is 0 Å². The van der Waals surface area contributed by atoms with Gasteiger partial charge in [-0.05, 0) is 17.6 Å². The van der Waals surface area contributed by atoms with Crippen molar-refractivity contribution >= 4 is 29.0 Å². The van der Waals surface area contributed by atoms with Gasteiger partial charge in [-0.2, -0.15) is 4.20 Å². The van der Waals surface area contributed by atoms with E-state index in [1.54, 1.807) is 0 Å². The molecule has 1 nitrogen and oxygen atoms in total. The minimum Gasteiger partial charge on any atom is -0.322 e. The number of hydrogen-bond acceptors (Lipinski definition) is 3. The van der Waals surface area contributed by atoms with Gasteiger partial charge in [0.25, 0.3) is 5.78 Å². The smallest absolute Gasteiger partial charge is 0.287 e. The molecule has 8 heavy (non-hydrogen) atoms. The van der Waals surface area contributed by atoms with E-state index in [0.717, 1.165) is 11.4 Å². The van der Waals surface area contributed by atoms with Gasteiger partial charge in [0.15, 0.2) is 0 Å². The van der Waals surface area contributed by atoms with Crippen molar-refractivity contribution < 1.29 is 8.72 Å². The van der Waals surface area contributed by atoms with Gasteiger partial charge in [-0.15, -0.1) is 0 Å². The van der Waals surface area contributed by atoms with Gasteiger partial charge in [0.05, 0.1) is 0 Å². The Labute approximate surface area is 57.9 Å². The first-order valence-electron chi connectivity index (χ1n) is 2.12. The number of hydrogen-bond donors (Lipinski definition) is 0. The topological polar surface area (TPSA) is 9.23 Å². The summed E-state index contributed by atoms with van der Waals surface area (Å²) in [5, 5.41) is 0. The summed E-state index contributed by atoms with van der Waals surface area (Å²) in [6, 6.07) is 0. The van der Waals surface area contributed by atoms with E-state index >= 15 is 0 Å². The molecule has 0 N–H and O–H groups in total. The molecular weight excluding hydrogens is 166 g/mol. The highest BCUT2D eigenvalue weighted by Gasteiger charge is 2.11. The molecule has 0 bridgehead atoms. The van der Waals surface area contributed by atoms with Crippen LogP contribution in [0.15, 0.2) is 0 Å². The lowest BCUT2D eigenvalue weighted by Gasteiger charge is -2.05. The highest BCUT2D eigenvalue weighted by Crippen LogP contribution is 2.60. The quantitative estimate of drug-likeness (QED) is 0.608. The molecule has 1 atom stereocenters. The van der Waals surface area contributed by atoms with Crippen LogP contribution in [0.1, 0.15) is 6.92 Å². The molecule has 0 rings (SSSR count). The van der Waals surface area contributed by atoms with Crippen molar-refractivity contribution in [3.05, 3.63) is 0 Å². The van der Waals surface area contributed by atoms with Gasteiger partial charge >= 0.3 is 0 Å². The summed E-state index contributed by atoms with van der Waals surface area (Å²) in [7, 11) is 1.31. The largest absolute Gasteiger partial charge is 0.322 e. The standard InChI is InChI=1S/C3H8FOPS2/c1-3-8-6(4,7)5-2/h3H2,1-2H3. The van der Waals surface area contributed by atoms with E-state index in [0.29, 0.717) is 5.75 Å². The van der Waals surface area contributed by atoms with Gasteiger partial charge in [0, 0.05) is 7.11 Å². The van der Waals surface area contributed by atoms with Crippen molar-refractivity contribution in [1.29, 1.82) is 0 Å². The van der Waals surface area contributed by atoms with Crippen LogP contribution in [0.4, 0.5) is 4.20 Å². The van der Waals surface area contributed by atoms with E-state index < -0.39 is 5.78 Å². The first-order valence-corrected chi connectivity index (χ1v) is 6.32. The van der Waals surface area contributed by atoms with E-state index in [1.165, 1.54) is 7.11 Å². The predicted molar refractivity (Wildman–Crippen MR) is 40.5 cm³/mol. The second-order valence-electron chi connectivity index (χ2n) is 1.03. The third kappa shape index (κ3) is 3.84. The SMILES string of the molecule is CCSP(F)(=S)OC. The zero-order valence-corrected chi connectivity index (χ0v) is 7.28. The average molecular weight is 174 g/mol. The highest BCUT2D eigenvalue weighted by atomic mass is 32.9. The van der Waals surface area contributed by atoms with Crippen LogP contribution in [0.25, 0.3) is 0 Å². The predicted octanol–water partition coefficient (Wildman–Crippen LogP) is 2.58. The molecule has 0 aromatic rings. The molecule has 0 amide bonds. The molecule has 5 heteroatoms. The minimum absolute atomic E-state index is 0.682. The third-order valence-corrected chi connectivity index (χ3v) is 5.05. The van der Waals surface area contributed by atoms with Crippen LogP contribution < -0.4 is 0 Å². The second kappa shape index (κ2) is 3.83.